The lowest BCUT2D eigenvalue weighted by Crippen LogP contribution is -2.49. The SMILES string of the molecule is O=C(O)N1CC[C@H](N(Cc2ccc(Cl)cc2Cl)C2CCSC(O)(O)C2)C1. The molecule has 0 spiro atoms. The van der Waals surface area contributed by atoms with E-state index in [1.165, 1.54) is 4.90 Å². The van der Waals surface area contributed by atoms with Gasteiger partial charge in [0, 0.05) is 48.2 Å². The van der Waals surface area contributed by atoms with Crippen molar-refractivity contribution < 1.29 is 20.1 Å². The van der Waals surface area contributed by atoms with Crippen LogP contribution in [0.3, 0.4) is 0 Å². The standard InChI is InChI=1S/C17H22Cl2N2O4S/c18-12-2-1-11(15(19)7-12)9-21(13-4-6-26-17(24,25)8-13)14-3-5-20(10-14)16(22)23/h1-2,7,13-14,24-25H,3-6,8-10H2,(H,22,23)/t13?,14-/m0/s1. The van der Waals surface area contributed by atoms with Crippen molar-refractivity contribution in [2.24, 2.45) is 0 Å². The molecule has 1 aromatic rings. The normalized spacial score (nSPS) is 25.7. The van der Waals surface area contributed by atoms with Gasteiger partial charge in [-0.05, 0) is 36.3 Å². The van der Waals surface area contributed by atoms with E-state index in [-0.39, 0.29) is 18.5 Å². The average molecular weight is 421 g/mol. The molecule has 2 aliphatic heterocycles. The third-order valence-electron chi connectivity index (χ3n) is 5.03. The molecule has 1 amide bonds. The summed E-state index contributed by atoms with van der Waals surface area (Å²) in [5.41, 5.74) is 0.893. The molecule has 3 rings (SSSR count). The van der Waals surface area contributed by atoms with E-state index in [9.17, 15) is 20.1 Å². The van der Waals surface area contributed by atoms with Gasteiger partial charge < -0.3 is 20.2 Å². The van der Waals surface area contributed by atoms with Crippen LogP contribution in [0.25, 0.3) is 0 Å². The maximum Gasteiger partial charge on any atom is 0.407 e. The van der Waals surface area contributed by atoms with Gasteiger partial charge in [0.15, 0.2) is 0 Å². The quantitative estimate of drug-likeness (QED) is 0.649. The molecule has 0 radical (unpaired) electrons. The van der Waals surface area contributed by atoms with E-state index >= 15 is 0 Å². The van der Waals surface area contributed by atoms with Crippen LogP contribution in [-0.2, 0) is 6.54 Å². The number of rotatable bonds is 4. The van der Waals surface area contributed by atoms with E-state index in [4.69, 9.17) is 23.2 Å². The first kappa shape index (κ1) is 20.0. The van der Waals surface area contributed by atoms with Gasteiger partial charge in [-0.3, -0.25) is 4.90 Å². The molecule has 0 aliphatic carbocycles. The molecule has 1 aromatic carbocycles. The Morgan fingerprint density at radius 2 is 2.08 bits per heavy atom. The van der Waals surface area contributed by atoms with Gasteiger partial charge in [0.25, 0.3) is 0 Å². The van der Waals surface area contributed by atoms with E-state index in [2.05, 4.69) is 4.90 Å². The Kier molecular flexibility index (Phi) is 6.26. The zero-order chi connectivity index (χ0) is 18.9. The molecular weight excluding hydrogens is 399 g/mol. The highest BCUT2D eigenvalue weighted by molar-refractivity contribution is 8.00. The summed E-state index contributed by atoms with van der Waals surface area (Å²) in [6.07, 6.45) is 0.814. The average Bonchev–Trinajstić information content (AvgIpc) is 3.03. The number of halogens is 2. The van der Waals surface area contributed by atoms with E-state index in [0.29, 0.717) is 41.9 Å². The van der Waals surface area contributed by atoms with Crippen LogP contribution in [0.5, 0.6) is 0 Å². The van der Waals surface area contributed by atoms with Crippen molar-refractivity contribution in [3.05, 3.63) is 33.8 Å². The molecule has 144 valence electrons. The van der Waals surface area contributed by atoms with E-state index in [1.807, 2.05) is 6.07 Å². The number of benzene rings is 1. The molecule has 2 aliphatic rings. The number of hydrogen-bond acceptors (Lipinski definition) is 5. The third kappa shape index (κ3) is 4.77. The number of amides is 1. The van der Waals surface area contributed by atoms with E-state index in [0.717, 1.165) is 23.7 Å². The van der Waals surface area contributed by atoms with Gasteiger partial charge in [-0.25, -0.2) is 4.79 Å². The van der Waals surface area contributed by atoms with Gasteiger partial charge in [-0.15, -0.1) is 0 Å². The number of thioether (sulfide) groups is 1. The zero-order valence-electron chi connectivity index (χ0n) is 14.1. The van der Waals surface area contributed by atoms with Crippen molar-refractivity contribution >= 4 is 41.1 Å². The van der Waals surface area contributed by atoms with Crippen LogP contribution in [0.1, 0.15) is 24.8 Å². The minimum atomic E-state index is -1.75. The molecule has 2 saturated heterocycles. The number of hydrogen-bond donors (Lipinski definition) is 3. The van der Waals surface area contributed by atoms with Gasteiger partial charge in [-0.2, -0.15) is 0 Å². The summed E-state index contributed by atoms with van der Waals surface area (Å²) in [6.45, 7) is 1.41. The Hall–Kier alpha value is -0.700. The minimum Gasteiger partial charge on any atom is -0.465 e. The van der Waals surface area contributed by atoms with Gasteiger partial charge in [-0.1, -0.05) is 41.0 Å². The lowest BCUT2D eigenvalue weighted by atomic mass is 10.0. The topological polar surface area (TPSA) is 84.2 Å². The van der Waals surface area contributed by atoms with Crippen molar-refractivity contribution in [1.29, 1.82) is 0 Å². The summed E-state index contributed by atoms with van der Waals surface area (Å²) in [5, 5.41) is 28.8. The Morgan fingerprint density at radius 1 is 1.31 bits per heavy atom. The summed E-state index contributed by atoms with van der Waals surface area (Å²) in [7, 11) is 0. The third-order valence-corrected chi connectivity index (χ3v) is 6.68. The number of likely N-dealkylation sites (tertiary alicyclic amines) is 1. The summed E-state index contributed by atoms with van der Waals surface area (Å²) in [5.74, 6) is 0.637. The Balaban J connectivity index is 1.82. The van der Waals surface area contributed by atoms with Crippen molar-refractivity contribution in [3.8, 4) is 0 Å². The Morgan fingerprint density at radius 3 is 2.69 bits per heavy atom. The second kappa shape index (κ2) is 8.12. The number of carboxylic acid groups (broad SMARTS) is 1. The highest BCUT2D eigenvalue weighted by atomic mass is 35.5. The van der Waals surface area contributed by atoms with Crippen LogP contribution in [0.15, 0.2) is 18.2 Å². The predicted octanol–water partition coefficient (Wildman–Crippen LogP) is 3.08. The fourth-order valence-corrected chi connectivity index (χ4v) is 5.19. The first-order chi connectivity index (χ1) is 12.2. The molecule has 0 saturated carbocycles. The minimum absolute atomic E-state index is 0.0155. The highest BCUT2D eigenvalue weighted by Crippen LogP contribution is 2.37. The predicted molar refractivity (Wildman–Crippen MR) is 103 cm³/mol. The summed E-state index contributed by atoms with van der Waals surface area (Å²) >= 11 is 13.5. The fraction of sp³-hybridized carbons (Fsp3) is 0.588. The van der Waals surface area contributed by atoms with Crippen LogP contribution in [-0.4, -0.2) is 67.3 Å². The molecule has 26 heavy (non-hydrogen) atoms. The maximum atomic E-state index is 11.3. The largest absolute Gasteiger partial charge is 0.465 e. The van der Waals surface area contributed by atoms with Crippen molar-refractivity contribution in [2.75, 3.05) is 18.8 Å². The van der Waals surface area contributed by atoms with Crippen LogP contribution in [0.4, 0.5) is 4.79 Å². The monoisotopic (exact) mass is 420 g/mol. The maximum absolute atomic E-state index is 11.3. The smallest absolute Gasteiger partial charge is 0.407 e. The lowest BCUT2D eigenvalue weighted by molar-refractivity contribution is -0.104. The Bertz CT molecular complexity index is 676. The zero-order valence-corrected chi connectivity index (χ0v) is 16.5. The molecular formula is C17H22Cl2N2O4S. The Labute approximate surface area is 166 Å². The number of aliphatic hydroxyl groups is 2. The first-order valence-corrected chi connectivity index (χ1v) is 10.3. The van der Waals surface area contributed by atoms with Crippen LogP contribution in [0, 0.1) is 0 Å². The molecule has 0 aromatic heterocycles. The molecule has 2 fully saturated rings. The van der Waals surface area contributed by atoms with Crippen molar-refractivity contribution in [2.45, 2.75) is 43.0 Å². The van der Waals surface area contributed by atoms with Crippen molar-refractivity contribution in [1.82, 2.24) is 9.80 Å². The first-order valence-electron chi connectivity index (χ1n) is 8.51. The van der Waals surface area contributed by atoms with Crippen molar-refractivity contribution in [3.63, 3.8) is 0 Å². The molecule has 0 bridgehead atoms. The molecule has 2 heterocycles. The second-order valence-corrected chi connectivity index (χ2v) is 9.01. The van der Waals surface area contributed by atoms with Gasteiger partial charge in [0.05, 0.1) is 0 Å². The van der Waals surface area contributed by atoms with Crippen LogP contribution >= 0.6 is 35.0 Å². The van der Waals surface area contributed by atoms with Crippen LogP contribution in [0.2, 0.25) is 10.0 Å². The van der Waals surface area contributed by atoms with Gasteiger partial charge >= 0.3 is 6.09 Å². The molecule has 9 heteroatoms. The molecule has 2 atom stereocenters. The van der Waals surface area contributed by atoms with Gasteiger partial charge in [0.2, 0.25) is 5.12 Å². The molecule has 3 N–H and O–H groups in total. The summed E-state index contributed by atoms with van der Waals surface area (Å²) < 4.78 is 0. The van der Waals surface area contributed by atoms with E-state index in [1.54, 1.807) is 12.1 Å². The molecule has 1 unspecified atom stereocenters. The highest BCUT2D eigenvalue weighted by Gasteiger charge is 2.40. The second-order valence-electron chi connectivity index (χ2n) is 6.82. The summed E-state index contributed by atoms with van der Waals surface area (Å²) in [4.78, 5) is 14.9. The van der Waals surface area contributed by atoms with Gasteiger partial charge in [0.1, 0.15) is 0 Å². The fourth-order valence-electron chi connectivity index (χ4n) is 3.70. The van der Waals surface area contributed by atoms with Crippen LogP contribution < -0.4 is 0 Å². The number of nitrogens with zero attached hydrogens (tertiary/aromatic N) is 2. The lowest BCUT2D eigenvalue weighted by Gasteiger charge is -2.42. The van der Waals surface area contributed by atoms with E-state index < -0.39 is 11.2 Å². The number of carbonyl (C=O) groups is 1. The summed E-state index contributed by atoms with van der Waals surface area (Å²) in [6, 6.07) is 5.29. The molecule has 6 nitrogen and oxygen atoms in total.